The molecule has 3 heterocycles. The number of likely N-dealkylation sites (tertiary alicyclic amines) is 1. The minimum Gasteiger partial charge on any atom is -0.373 e. The van der Waals surface area contributed by atoms with Gasteiger partial charge in [0.2, 0.25) is 5.91 Å². The van der Waals surface area contributed by atoms with Crippen molar-refractivity contribution in [2.75, 3.05) is 25.5 Å². The first-order valence-corrected chi connectivity index (χ1v) is 7.88. The standard InChI is InChI=1S/C15H21N7O/c1-16-14-9-12(4-6-17-14)13-3-2-7-21(10-13)15(23)5-8-22-11-18-19-20-22/h4,6,9,11,13H,2-3,5,7-8,10H2,1H3,(H,16,17)/t13-/m0/s1. The highest BCUT2D eigenvalue weighted by atomic mass is 16.2. The third-order valence-electron chi connectivity index (χ3n) is 4.23. The van der Waals surface area contributed by atoms with E-state index in [1.165, 1.54) is 11.9 Å². The maximum atomic E-state index is 12.4. The van der Waals surface area contributed by atoms with Gasteiger partial charge in [0.15, 0.2) is 0 Å². The van der Waals surface area contributed by atoms with Gasteiger partial charge in [-0.15, -0.1) is 5.10 Å². The molecule has 0 saturated carbocycles. The molecule has 1 N–H and O–H groups in total. The summed E-state index contributed by atoms with van der Waals surface area (Å²) in [5, 5.41) is 14.0. The lowest BCUT2D eigenvalue weighted by molar-refractivity contribution is -0.132. The number of piperidine rings is 1. The number of carbonyl (C=O) groups excluding carboxylic acids is 1. The molecule has 0 unspecified atom stereocenters. The minimum absolute atomic E-state index is 0.160. The lowest BCUT2D eigenvalue weighted by Crippen LogP contribution is -2.39. The molecule has 1 fully saturated rings. The van der Waals surface area contributed by atoms with Crippen molar-refractivity contribution in [3.05, 3.63) is 30.2 Å². The van der Waals surface area contributed by atoms with E-state index < -0.39 is 0 Å². The summed E-state index contributed by atoms with van der Waals surface area (Å²) in [5.74, 6) is 1.40. The van der Waals surface area contributed by atoms with E-state index in [4.69, 9.17) is 0 Å². The number of nitrogens with zero attached hydrogens (tertiary/aromatic N) is 6. The van der Waals surface area contributed by atoms with Crippen LogP contribution in [-0.2, 0) is 11.3 Å². The number of hydrogen-bond donors (Lipinski definition) is 1. The van der Waals surface area contributed by atoms with Gasteiger partial charge in [-0.2, -0.15) is 0 Å². The Morgan fingerprint density at radius 2 is 2.39 bits per heavy atom. The van der Waals surface area contributed by atoms with Crippen molar-refractivity contribution in [3.63, 3.8) is 0 Å². The van der Waals surface area contributed by atoms with Crippen molar-refractivity contribution in [1.29, 1.82) is 0 Å². The molecule has 0 bridgehead atoms. The monoisotopic (exact) mass is 315 g/mol. The Labute approximate surface area is 134 Å². The number of aryl methyl sites for hydroxylation is 1. The average Bonchev–Trinajstić information content (AvgIpc) is 3.13. The first-order chi connectivity index (χ1) is 11.3. The zero-order chi connectivity index (χ0) is 16.1. The Morgan fingerprint density at radius 1 is 1.48 bits per heavy atom. The van der Waals surface area contributed by atoms with Crippen LogP contribution in [0.4, 0.5) is 5.82 Å². The van der Waals surface area contributed by atoms with E-state index >= 15 is 0 Å². The van der Waals surface area contributed by atoms with Gasteiger partial charge in [0.1, 0.15) is 12.1 Å². The Balaban J connectivity index is 1.59. The molecule has 1 saturated heterocycles. The van der Waals surface area contributed by atoms with E-state index in [9.17, 15) is 4.79 Å². The number of carbonyl (C=O) groups is 1. The van der Waals surface area contributed by atoms with Gasteiger partial charge in [-0.3, -0.25) is 4.79 Å². The summed E-state index contributed by atoms with van der Waals surface area (Å²) in [6.45, 7) is 2.11. The van der Waals surface area contributed by atoms with Crippen LogP contribution in [0.25, 0.3) is 0 Å². The van der Waals surface area contributed by atoms with Crippen molar-refractivity contribution in [3.8, 4) is 0 Å². The number of rotatable bonds is 5. The van der Waals surface area contributed by atoms with Crippen LogP contribution in [0.3, 0.4) is 0 Å². The Bertz CT molecular complexity index is 643. The number of anilines is 1. The Morgan fingerprint density at radius 3 is 3.17 bits per heavy atom. The van der Waals surface area contributed by atoms with Gasteiger partial charge < -0.3 is 10.2 Å². The van der Waals surface area contributed by atoms with Gasteiger partial charge in [0.05, 0.1) is 6.54 Å². The SMILES string of the molecule is CNc1cc([C@H]2CCCN(C(=O)CCn3cnnn3)C2)ccn1. The zero-order valence-electron chi connectivity index (χ0n) is 13.2. The second-order valence-electron chi connectivity index (χ2n) is 5.73. The highest BCUT2D eigenvalue weighted by Crippen LogP contribution is 2.28. The average molecular weight is 315 g/mol. The predicted octanol–water partition coefficient (Wildman–Crippen LogP) is 0.906. The van der Waals surface area contributed by atoms with E-state index in [1.807, 2.05) is 24.2 Å². The molecule has 2 aromatic heterocycles. The van der Waals surface area contributed by atoms with Gasteiger partial charge in [-0.05, 0) is 41.0 Å². The number of nitrogens with one attached hydrogen (secondary N) is 1. The summed E-state index contributed by atoms with van der Waals surface area (Å²) in [6, 6.07) is 4.11. The lowest BCUT2D eigenvalue weighted by atomic mass is 9.91. The van der Waals surface area contributed by atoms with Gasteiger partial charge >= 0.3 is 0 Å². The first-order valence-electron chi connectivity index (χ1n) is 7.88. The van der Waals surface area contributed by atoms with E-state index in [1.54, 1.807) is 4.68 Å². The van der Waals surface area contributed by atoms with E-state index in [0.29, 0.717) is 18.9 Å². The fraction of sp³-hybridized carbons (Fsp3) is 0.533. The molecule has 3 rings (SSSR count). The fourth-order valence-corrected chi connectivity index (χ4v) is 2.96. The Hall–Kier alpha value is -2.51. The molecule has 122 valence electrons. The number of aromatic nitrogens is 5. The molecule has 1 aliphatic heterocycles. The predicted molar refractivity (Wildman–Crippen MR) is 84.8 cm³/mol. The molecule has 1 atom stereocenters. The molecular formula is C15H21N7O. The molecule has 1 amide bonds. The molecule has 2 aromatic rings. The lowest BCUT2D eigenvalue weighted by Gasteiger charge is -2.33. The zero-order valence-corrected chi connectivity index (χ0v) is 13.2. The summed E-state index contributed by atoms with van der Waals surface area (Å²) >= 11 is 0. The summed E-state index contributed by atoms with van der Waals surface area (Å²) in [6.07, 6.45) is 5.90. The summed E-state index contributed by atoms with van der Waals surface area (Å²) in [5.41, 5.74) is 1.24. The third kappa shape index (κ3) is 3.82. The number of hydrogen-bond acceptors (Lipinski definition) is 6. The largest absolute Gasteiger partial charge is 0.373 e. The molecule has 1 aliphatic rings. The molecule has 0 aliphatic carbocycles. The van der Waals surface area contributed by atoms with Crippen LogP contribution in [0.2, 0.25) is 0 Å². The first kappa shape index (κ1) is 15.4. The molecule has 0 aromatic carbocycles. The molecule has 0 spiro atoms. The van der Waals surface area contributed by atoms with Crippen LogP contribution in [0.1, 0.15) is 30.7 Å². The highest BCUT2D eigenvalue weighted by molar-refractivity contribution is 5.76. The summed E-state index contributed by atoms with van der Waals surface area (Å²) < 4.78 is 1.58. The van der Waals surface area contributed by atoms with E-state index in [0.717, 1.165) is 31.7 Å². The maximum Gasteiger partial charge on any atom is 0.224 e. The molecule has 0 radical (unpaired) electrons. The minimum atomic E-state index is 0.160. The smallest absolute Gasteiger partial charge is 0.224 e. The van der Waals surface area contributed by atoms with Crippen LogP contribution in [0.15, 0.2) is 24.7 Å². The van der Waals surface area contributed by atoms with Crippen LogP contribution < -0.4 is 5.32 Å². The normalized spacial score (nSPS) is 18.0. The third-order valence-corrected chi connectivity index (χ3v) is 4.23. The van der Waals surface area contributed by atoms with Crippen LogP contribution in [0.5, 0.6) is 0 Å². The molecule has 23 heavy (non-hydrogen) atoms. The highest BCUT2D eigenvalue weighted by Gasteiger charge is 2.24. The van der Waals surface area contributed by atoms with Crippen molar-refractivity contribution in [2.45, 2.75) is 31.7 Å². The number of tetrazole rings is 1. The van der Waals surface area contributed by atoms with E-state index in [-0.39, 0.29) is 5.91 Å². The van der Waals surface area contributed by atoms with Gasteiger partial charge in [0, 0.05) is 38.7 Å². The molecule has 8 heteroatoms. The fourth-order valence-electron chi connectivity index (χ4n) is 2.96. The quantitative estimate of drug-likeness (QED) is 0.882. The second kappa shape index (κ2) is 7.17. The Kier molecular flexibility index (Phi) is 4.80. The van der Waals surface area contributed by atoms with Gasteiger partial charge in [-0.25, -0.2) is 9.67 Å². The second-order valence-corrected chi connectivity index (χ2v) is 5.73. The van der Waals surface area contributed by atoms with Gasteiger partial charge in [0.25, 0.3) is 0 Å². The maximum absolute atomic E-state index is 12.4. The molecular weight excluding hydrogens is 294 g/mol. The van der Waals surface area contributed by atoms with Crippen LogP contribution >= 0.6 is 0 Å². The van der Waals surface area contributed by atoms with Crippen molar-refractivity contribution in [2.24, 2.45) is 0 Å². The number of pyridine rings is 1. The van der Waals surface area contributed by atoms with Crippen molar-refractivity contribution < 1.29 is 4.79 Å². The molecule has 8 nitrogen and oxygen atoms in total. The van der Waals surface area contributed by atoms with Crippen LogP contribution in [0, 0.1) is 0 Å². The summed E-state index contributed by atoms with van der Waals surface area (Å²) in [7, 11) is 1.86. The van der Waals surface area contributed by atoms with E-state index in [2.05, 4.69) is 31.9 Å². The van der Waals surface area contributed by atoms with Crippen LogP contribution in [-0.4, -0.2) is 56.1 Å². The topological polar surface area (TPSA) is 88.8 Å². The van der Waals surface area contributed by atoms with Crippen molar-refractivity contribution >= 4 is 11.7 Å². The number of amides is 1. The van der Waals surface area contributed by atoms with Crippen molar-refractivity contribution in [1.82, 2.24) is 30.1 Å². The van der Waals surface area contributed by atoms with Gasteiger partial charge in [-0.1, -0.05) is 0 Å². The summed E-state index contributed by atoms with van der Waals surface area (Å²) in [4.78, 5) is 18.6.